The molecule has 1 aliphatic heterocycles. The molecule has 2 atom stereocenters. The second-order valence-electron chi connectivity index (χ2n) is 5.11. The molecule has 0 saturated carbocycles. The van der Waals surface area contributed by atoms with Gasteiger partial charge in [0.1, 0.15) is 6.04 Å². The van der Waals surface area contributed by atoms with Crippen molar-refractivity contribution in [3.63, 3.8) is 0 Å². The van der Waals surface area contributed by atoms with Crippen molar-refractivity contribution in [2.24, 2.45) is 5.92 Å². The summed E-state index contributed by atoms with van der Waals surface area (Å²) in [7, 11) is 0. The SMILES string of the molecule is C=CCCC(=O)N1CCC[C@@H](C(=O)OCC)[C@H]1C(=O)OCC. The van der Waals surface area contributed by atoms with Gasteiger partial charge in [-0.1, -0.05) is 6.08 Å². The molecule has 1 amide bonds. The van der Waals surface area contributed by atoms with Crippen molar-refractivity contribution in [1.82, 2.24) is 4.90 Å². The lowest BCUT2D eigenvalue weighted by Crippen LogP contribution is -2.55. The molecule has 1 saturated heterocycles. The molecular weight excluding hydrogens is 286 g/mol. The molecule has 1 heterocycles. The van der Waals surface area contributed by atoms with E-state index >= 15 is 0 Å². The molecule has 0 aromatic carbocycles. The molecule has 124 valence electrons. The number of allylic oxidation sites excluding steroid dienone is 1. The Hall–Kier alpha value is -1.85. The highest BCUT2D eigenvalue weighted by atomic mass is 16.5. The number of ether oxygens (including phenoxy) is 2. The Bertz CT molecular complexity index is 421. The van der Waals surface area contributed by atoms with Gasteiger partial charge in [0.2, 0.25) is 5.91 Å². The first-order valence-corrected chi connectivity index (χ1v) is 7.80. The molecule has 0 N–H and O–H groups in total. The van der Waals surface area contributed by atoms with Crippen molar-refractivity contribution in [2.75, 3.05) is 19.8 Å². The third-order valence-electron chi connectivity index (χ3n) is 3.63. The highest BCUT2D eigenvalue weighted by molar-refractivity contribution is 5.89. The Morgan fingerprint density at radius 3 is 2.41 bits per heavy atom. The molecule has 1 aliphatic rings. The van der Waals surface area contributed by atoms with Crippen LogP contribution in [0.1, 0.15) is 39.5 Å². The summed E-state index contributed by atoms with van der Waals surface area (Å²) in [6.07, 6.45) is 3.65. The second-order valence-corrected chi connectivity index (χ2v) is 5.11. The van der Waals surface area contributed by atoms with Crippen LogP contribution in [0.15, 0.2) is 12.7 Å². The summed E-state index contributed by atoms with van der Waals surface area (Å²) in [5, 5.41) is 0. The molecule has 6 nitrogen and oxygen atoms in total. The zero-order valence-corrected chi connectivity index (χ0v) is 13.4. The van der Waals surface area contributed by atoms with E-state index in [1.165, 1.54) is 4.90 Å². The highest BCUT2D eigenvalue weighted by Crippen LogP contribution is 2.27. The summed E-state index contributed by atoms with van der Waals surface area (Å²) in [5.74, 6) is -1.79. The summed E-state index contributed by atoms with van der Waals surface area (Å²) in [5.41, 5.74) is 0. The van der Waals surface area contributed by atoms with Gasteiger partial charge in [0, 0.05) is 13.0 Å². The molecule has 0 radical (unpaired) electrons. The van der Waals surface area contributed by atoms with E-state index in [2.05, 4.69) is 6.58 Å². The third-order valence-corrected chi connectivity index (χ3v) is 3.63. The molecule has 0 unspecified atom stereocenters. The van der Waals surface area contributed by atoms with Crippen LogP contribution in [-0.4, -0.2) is 48.5 Å². The maximum absolute atomic E-state index is 12.3. The number of rotatable bonds is 7. The summed E-state index contributed by atoms with van der Waals surface area (Å²) < 4.78 is 10.1. The molecule has 6 heteroatoms. The van der Waals surface area contributed by atoms with E-state index in [0.29, 0.717) is 25.8 Å². The van der Waals surface area contributed by atoms with Crippen molar-refractivity contribution in [1.29, 1.82) is 0 Å². The van der Waals surface area contributed by atoms with Crippen molar-refractivity contribution >= 4 is 17.8 Å². The fourth-order valence-electron chi connectivity index (χ4n) is 2.66. The average molecular weight is 311 g/mol. The first-order chi connectivity index (χ1) is 10.6. The Labute approximate surface area is 131 Å². The Morgan fingerprint density at radius 1 is 1.18 bits per heavy atom. The zero-order chi connectivity index (χ0) is 16.5. The Kier molecular flexibility index (Phi) is 7.63. The van der Waals surface area contributed by atoms with Gasteiger partial charge < -0.3 is 14.4 Å². The van der Waals surface area contributed by atoms with Crippen LogP contribution in [-0.2, 0) is 23.9 Å². The second kappa shape index (κ2) is 9.23. The van der Waals surface area contributed by atoms with Gasteiger partial charge in [-0.15, -0.1) is 6.58 Å². The average Bonchev–Trinajstić information content (AvgIpc) is 2.52. The van der Waals surface area contributed by atoms with Crippen molar-refractivity contribution in [2.45, 2.75) is 45.6 Å². The molecule has 0 bridgehead atoms. The van der Waals surface area contributed by atoms with Crippen LogP contribution < -0.4 is 0 Å². The lowest BCUT2D eigenvalue weighted by Gasteiger charge is -2.38. The summed E-state index contributed by atoms with van der Waals surface area (Å²) in [4.78, 5) is 38.2. The minimum atomic E-state index is -0.884. The number of hydrogen-bond acceptors (Lipinski definition) is 5. The quantitative estimate of drug-likeness (QED) is 0.528. The maximum Gasteiger partial charge on any atom is 0.329 e. The van der Waals surface area contributed by atoms with E-state index in [1.807, 2.05) is 0 Å². The molecule has 0 spiro atoms. The Balaban J connectivity index is 2.96. The van der Waals surface area contributed by atoms with Crippen LogP contribution in [0, 0.1) is 5.92 Å². The molecule has 0 aliphatic carbocycles. The summed E-state index contributed by atoms with van der Waals surface area (Å²) in [6, 6.07) is -0.884. The zero-order valence-electron chi connectivity index (χ0n) is 13.4. The molecule has 22 heavy (non-hydrogen) atoms. The minimum Gasteiger partial charge on any atom is -0.466 e. The Morgan fingerprint density at radius 2 is 1.82 bits per heavy atom. The largest absolute Gasteiger partial charge is 0.466 e. The number of carbonyl (C=O) groups excluding carboxylic acids is 3. The monoisotopic (exact) mass is 311 g/mol. The number of carbonyl (C=O) groups is 3. The smallest absolute Gasteiger partial charge is 0.329 e. The van der Waals surface area contributed by atoms with E-state index < -0.39 is 23.9 Å². The van der Waals surface area contributed by atoms with E-state index in [0.717, 1.165) is 0 Å². The normalized spacial score (nSPS) is 21.1. The number of hydrogen-bond donors (Lipinski definition) is 0. The van der Waals surface area contributed by atoms with E-state index in [1.54, 1.807) is 19.9 Å². The van der Waals surface area contributed by atoms with Crippen LogP contribution in [0.25, 0.3) is 0 Å². The highest BCUT2D eigenvalue weighted by Gasteiger charge is 2.44. The lowest BCUT2D eigenvalue weighted by molar-refractivity contribution is -0.168. The first-order valence-electron chi connectivity index (χ1n) is 7.80. The van der Waals surface area contributed by atoms with Crippen molar-refractivity contribution in [3.8, 4) is 0 Å². The van der Waals surface area contributed by atoms with Crippen LogP contribution in [0.4, 0.5) is 0 Å². The fourth-order valence-corrected chi connectivity index (χ4v) is 2.66. The van der Waals surface area contributed by atoms with Gasteiger partial charge >= 0.3 is 11.9 Å². The molecular formula is C16H25NO5. The number of nitrogens with zero attached hydrogens (tertiary/aromatic N) is 1. The van der Waals surface area contributed by atoms with Crippen LogP contribution >= 0.6 is 0 Å². The van der Waals surface area contributed by atoms with Gasteiger partial charge in [-0.25, -0.2) is 4.79 Å². The fraction of sp³-hybridized carbons (Fsp3) is 0.688. The molecule has 1 fully saturated rings. The van der Waals surface area contributed by atoms with Crippen molar-refractivity contribution < 1.29 is 23.9 Å². The van der Waals surface area contributed by atoms with Gasteiger partial charge in [0.15, 0.2) is 0 Å². The van der Waals surface area contributed by atoms with Gasteiger partial charge in [-0.3, -0.25) is 9.59 Å². The summed E-state index contributed by atoms with van der Waals surface area (Å²) in [6.45, 7) is 7.91. The maximum atomic E-state index is 12.3. The number of piperidine rings is 1. The third kappa shape index (κ3) is 4.58. The van der Waals surface area contributed by atoms with Crippen LogP contribution in [0.5, 0.6) is 0 Å². The van der Waals surface area contributed by atoms with Gasteiger partial charge in [0.25, 0.3) is 0 Å². The topological polar surface area (TPSA) is 72.9 Å². The van der Waals surface area contributed by atoms with Crippen molar-refractivity contribution in [3.05, 3.63) is 12.7 Å². The predicted octanol–water partition coefficient (Wildman–Crippen LogP) is 1.69. The molecule has 0 aromatic heterocycles. The lowest BCUT2D eigenvalue weighted by atomic mass is 9.88. The van der Waals surface area contributed by atoms with Gasteiger partial charge in [0.05, 0.1) is 19.1 Å². The number of likely N-dealkylation sites (tertiary alicyclic amines) is 1. The van der Waals surface area contributed by atoms with Gasteiger partial charge in [-0.2, -0.15) is 0 Å². The van der Waals surface area contributed by atoms with E-state index in [-0.39, 0.29) is 25.5 Å². The summed E-state index contributed by atoms with van der Waals surface area (Å²) >= 11 is 0. The minimum absolute atomic E-state index is 0.160. The van der Waals surface area contributed by atoms with Gasteiger partial charge in [-0.05, 0) is 33.1 Å². The van der Waals surface area contributed by atoms with E-state index in [4.69, 9.17) is 9.47 Å². The number of esters is 2. The first kappa shape index (κ1) is 18.2. The predicted molar refractivity (Wildman–Crippen MR) is 80.9 cm³/mol. The standard InChI is InChI=1S/C16H25NO5/c1-4-7-10-13(18)17-11-8-9-12(15(19)21-5-2)14(17)16(20)22-6-3/h4,12,14H,1,5-11H2,2-3H3/t12-,14+/m1/s1. The van der Waals surface area contributed by atoms with Crippen LogP contribution in [0.3, 0.4) is 0 Å². The van der Waals surface area contributed by atoms with Crippen LogP contribution in [0.2, 0.25) is 0 Å². The molecule has 1 rings (SSSR count). The molecule has 0 aromatic rings. The van der Waals surface area contributed by atoms with E-state index in [9.17, 15) is 14.4 Å². The number of amides is 1.